The molecule has 6 nitrogen and oxygen atoms in total. The first-order valence-corrected chi connectivity index (χ1v) is 8.95. The smallest absolute Gasteiger partial charge is 0.244 e. The lowest BCUT2D eigenvalue weighted by Gasteiger charge is -2.17. The Morgan fingerprint density at radius 3 is 2.77 bits per heavy atom. The summed E-state index contributed by atoms with van der Waals surface area (Å²) < 4.78 is 5.68. The van der Waals surface area contributed by atoms with Crippen LogP contribution in [0.15, 0.2) is 42.5 Å². The fraction of sp³-hybridized carbons (Fsp3) is 0.350. The third-order valence-corrected chi connectivity index (χ3v) is 4.11. The maximum Gasteiger partial charge on any atom is 0.244 e. The van der Waals surface area contributed by atoms with E-state index in [2.05, 4.69) is 20.2 Å². The minimum absolute atomic E-state index is 0.144. The van der Waals surface area contributed by atoms with Gasteiger partial charge in [-0.05, 0) is 31.4 Å². The molecule has 0 saturated carbocycles. The molecule has 1 fully saturated rings. The van der Waals surface area contributed by atoms with Crippen LogP contribution in [0.25, 0.3) is 6.08 Å². The maximum atomic E-state index is 11.8. The van der Waals surface area contributed by atoms with Crippen LogP contribution < -0.4 is 15.0 Å². The van der Waals surface area contributed by atoms with Crippen LogP contribution in [-0.4, -0.2) is 42.1 Å². The van der Waals surface area contributed by atoms with Crippen LogP contribution in [0.5, 0.6) is 5.88 Å². The second kappa shape index (κ2) is 8.99. The topological polar surface area (TPSA) is 67.3 Å². The number of rotatable bonds is 7. The number of benzene rings is 1. The molecule has 2 aromatic rings. The molecule has 0 spiro atoms. The van der Waals surface area contributed by atoms with E-state index in [9.17, 15) is 4.79 Å². The molecule has 26 heavy (non-hydrogen) atoms. The van der Waals surface area contributed by atoms with E-state index in [1.807, 2.05) is 43.3 Å². The summed E-state index contributed by atoms with van der Waals surface area (Å²) in [6.07, 6.45) is 5.70. The van der Waals surface area contributed by atoms with E-state index in [-0.39, 0.29) is 5.91 Å². The highest BCUT2D eigenvalue weighted by Crippen LogP contribution is 2.21. The van der Waals surface area contributed by atoms with Gasteiger partial charge in [-0.1, -0.05) is 30.3 Å². The standard InChI is InChI=1S/C20H24N4O2/c1-16-22-18(24-12-5-6-13-24)15-20(23-16)26-14-11-21-19(25)10-9-17-7-3-2-4-8-17/h2-4,7-10,15H,5-6,11-14H2,1H3,(H,21,25)/b10-9+. The lowest BCUT2D eigenvalue weighted by Crippen LogP contribution is -2.26. The van der Waals surface area contributed by atoms with Gasteiger partial charge in [0.2, 0.25) is 11.8 Å². The monoisotopic (exact) mass is 352 g/mol. The molecule has 3 rings (SSSR count). The predicted octanol–water partition coefficient (Wildman–Crippen LogP) is 2.59. The van der Waals surface area contributed by atoms with Gasteiger partial charge in [-0.15, -0.1) is 0 Å². The molecule has 1 N–H and O–H groups in total. The molecule has 0 bridgehead atoms. The Morgan fingerprint density at radius 2 is 2.00 bits per heavy atom. The van der Waals surface area contributed by atoms with Crippen molar-refractivity contribution < 1.29 is 9.53 Å². The summed E-state index contributed by atoms with van der Waals surface area (Å²) in [7, 11) is 0. The number of hydrogen-bond donors (Lipinski definition) is 1. The molecule has 1 aliphatic rings. The highest BCUT2D eigenvalue weighted by atomic mass is 16.5. The second-order valence-electron chi connectivity index (χ2n) is 6.19. The average molecular weight is 352 g/mol. The lowest BCUT2D eigenvalue weighted by molar-refractivity contribution is -0.116. The van der Waals surface area contributed by atoms with Gasteiger partial charge in [0.1, 0.15) is 18.2 Å². The highest BCUT2D eigenvalue weighted by Gasteiger charge is 2.15. The van der Waals surface area contributed by atoms with Gasteiger partial charge >= 0.3 is 0 Å². The van der Waals surface area contributed by atoms with Gasteiger partial charge < -0.3 is 15.0 Å². The number of anilines is 1. The number of ether oxygens (including phenoxy) is 1. The van der Waals surface area contributed by atoms with E-state index >= 15 is 0 Å². The van der Waals surface area contributed by atoms with Crippen molar-refractivity contribution in [2.75, 3.05) is 31.1 Å². The Bertz CT molecular complexity index is 756. The van der Waals surface area contributed by atoms with Crippen LogP contribution in [0.3, 0.4) is 0 Å². The molecule has 136 valence electrons. The molecular formula is C20H24N4O2. The predicted molar refractivity (Wildman–Crippen MR) is 102 cm³/mol. The molecule has 0 atom stereocenters. The summed E-state index contributed by atoms with van der Waals surface area (Å²) >= 11 is 0. The van der Waals surface area contributed by atoms with Gasteiger partial charge in [-0.2, -0.15) is 4.98 Å². The quantitative estimate of drug-likeness (QED) is 0.613. The van der Waals surface area contributed by atoms with Crippen molar-refractivity contribution in [3.05, 3.63) is 53.9 Å². The van der Waals surface area contributed by atoms with Gasteiger partial charge in [0.25, 0.3) is 0 Å². The van der Waals surface area contributed by atoms with Crippen LogP contribution in [-0.2, 0) is 4.79 Å². The van der Waals surface area contributed by atoms with Crippen molar-refractivity contribution in [2.24, 2.45) is 0 Å². The summed E-state index contributed by atoms with van der Waals surface area (Å²) in [4.78, 5) is 22.9. The normalized spacial score (nSPS) is 14.0. The van der Waals surface area contributed by atoms with Crippen molar-refractivity contribution in [1.82, 2.24) is 15.3 Å². The van der Waals surface area contributed by atoms with Crippen molar-refractivity contribution >= 4 is 17.8 Å². The van der Waals surface area contributed by atoms with Crippen molar-refractivity contribution in [2.45, 2.75) is 19.8 Å². The fourth-order valence-corrected chi connectivity index (χ4v) is 2.83. The molecule has 1 aromatic carbocycles. The van der Waals surface area contributed by atoms with Crippen LogP contribution in [0.1, 0.15) is 24.2 Å². The van der Waals surface area contributed by atoms with Gasteiger partial charge in [-0.3, -0.25) is 4.79 Å². The second-order valence-corrected chi connectivity index (χ2v) is 6.19. The number of carbonyl (C=O) groups excluding carboxylic acids is 1. The number of carbonyl (C=O) groups is 1. The number of nitrogens with one attached hydrogen (secondary N) is 1. The van der Waals surface area contributed by atoms with Crippen LogP contribution in [0.2, 0.25) is 0 Å². The zero-order chi connectivity index (χ0) is 18.2. The number of hydrogen-bond acceptors (Lipinski definition) is 5. The molecule has 1 saturated heterocycles. The minimum atomic E-state index is -0.144. The molecular weight excluding hydrogens is 328 g/mol. The minimum Gasteiger partial charge on any atom is -0.476 e. The number of nitrogens with zero attached hydrogens (tertiary/aromatic N) is 3. The van der Waals surface area contributed by atoms with Gasteiger partial charge in [0.05, 0.1) is 6.54 Å². The molecule has 2 heterocycles. The molecule has 0 radical (unpaired) electrons. The Morgan fingerprint density at radius 1 is 1.23 bits per heavy atom. The summed E-state index contributed by atoms with van der Waals surface area (Å²) in [5.41, 5.74) is 0.991. The first kappa shape index (κ1) is 17.9. The van der Waals surface area contributed by atoms with Crippen molar-refractivity contribution in [3.63, 3.8) is 0 Å². The maximum absolute atomic E-state index is 11.8. The summed E-state index contributed by atoms with van der Waals surface area (Å²) in [6, 6.07) is 11.6. The third-order valence-electron chi connectivity index (χ3n) is 4.11. The largest absolute Gasteiger partial charge is 0.476 e. The van der Waals surface area contributed by atoms with Crippen molar-refractivity contribution in [3.8, 4) is 5.88 Å². The molecule has 6 heteroatoms. The van der Waals surface area contributed by atoms with E-state index in [1.54, 1.807) is 6.08 Å². The Balaban J connectivity index is 1.44. The Hall–Kier alpha value is -2.89. The van der Waals surface area contributed by atoms with E-state index in [0.717, 1.165) is 24.5 Å². The van der Waals surface area contributed by atoms with Gasteiger partial charge in [0, 0.05) is 25.2 Å². The van der Waals surface area contributed by atoms with Crippen LogP contribution >= 0.6 is 0 Å². The third kappa shape index (κ3) is 5.31. The summed E-state index contributed by atoms with van der Waals surface area (Å²) in [5, 5.41) is 2.80. The first-order valence-electron chi connectivity index (χ1n) is 8.95. The molecule has 1 aromatic heterocycles. The highest BCUT2D eigenvalue weighted by molar-refractivity contribution is 5.91. The average Bonchev–Trinajstić information content (AvgIpc) is 3.19. The zero-order valence-corrected chi connectivity index (χ0v) is 15.0. The number of amides is 1. The van der Waals surface area contributed by atoms with Crippen LogP contribution in [0, 0.1) is 6.92 Å². The van der Waals surface area contributed by atoms with E-state index in [4.69, 9.17) is 4.74 Å². The van der Waals surface area contributed by atoms with Crippen LogP contribution in [0.4, 0.5) is 5.82 Å². The van der Waals surface area contributed by atoms with Gasteiger partial charge in [-0.25, -0.2) is 4.98 Å². The molecule has 0 aliphatic carbocycles. The SMILES string of the molecule is Cc1nc(OCCNC(=O)/C=C/c2ccccc2)cc(N2CCCC2)n1. The summed E-state index contributed by atoms with van der Waals surface area (Å²) in [6.45, 7) is 4.70. The Labute approximate surface area is 153 Å². The summed E-state index contributed by atoms with van der Waals surface area (Å²) in [5.74, 6) is 2.02. The zero-order valence-electron chi connectivity index (χ0n) is 15.0. The molecule has 1 amide bonds. The van der Waals surface area contributed by atoms with E-state index < -0.39 is 0 Å². The van der Waals surface area contributed by atoms with E-state index in [0.29, 0.717) is 24.9 Å². The fourth-order valence-electron chi connectivity index (χ4n) is 2.83. The van der Waals surface area contributed by atoms with E-state index in [1.165, 1.54) is 18.9 Å². The molecule has 1 aliphatic heterocycles. The Kier molecular flexibility index (Phi) is 6.19. The number of aromatic nitrogens is 2. The first-order chi connectivity index (χ1) is 12.7. The number of aryl methyl sites for hydroxylation is 1. The van der Waals surface area contributed by atoms with Crippen molar-refractivity contribution in [1.29, 1.82) is 0 Å². The molecule has 0 unspecified atom stereocenters. The van der Waals surface area contributed by atoms with Gasteiger partial charge in [0.15, 0.2) is 0 Å². The lowest BCUT2D eigenvalue weighted by atomic mass is 10.2.